The number of nitrogens with zero attached hydrogens (tertiary/aromatic N) is 2. The number of benzene rings is 1. The van der Waals surface area contributed by atoms with Gasteiger partial charge in [0.15, 0.2) is 5.69 Å². The number of fused-ring (bicyclic) bond motifs is 1. The first-order valence-corrected chi connectivity index (χ1v) is 5.20. The highest BCUT2D eigenvalue weighted by molar-refractivity contribution is 6.02. The van der Waals surface area contributed by atoms with Gasteiger partial charge in [-0.1, -0.05) is 18.2 Å². The zero-order valence-corrected chi connectivity index (χ0v) is 9.60. The minimum Gasteiger partial charge on any atom is -0.464 e. The second-order valence-electron chi connectivity index (χ2n) is 3.90. The van der Waals surface area contributed by atoms with Crippen molar-refractivity contribution in [2.75, 3.05) is 7.11 Å². The second-order valence-corrected chi connectivity index (χ2v) is 3.90. The molecule has 0 amide bonds. The molecule has 0 spiro atoms. The Morgan fingerprint density at radius 2 is 2.06 bits per heavy atom. The molecule has 84 valence electrons. The van der Waals surface area contributed by atoms with Gasteiger partial charge in [-0.2, -0.15) is 5.10 Å². The number of aromatic nitrogens is 2. The first-order valence-electron chi connectivity index (χ1n) is 5.20. The van der Waals surface area contributed by atoms with Crippen molar-refractivity contribution in [3.8, 4) is 0 Å². The van der Waals surface area contributed by atoms with Gasteiger partial charge >= 0.3 is 5.97 Å². The maximum absolute atomic E-state index is 11.7. The summed E-state index contributed by atoms with van der Waals surface area (Å²) in [5.74, 6) is -0.345. The van der Waals surface area contributed by atoms with Gasteiger partial charge in [0.25, 0.3) is 0 Å². The monoisotopic (exact) mass is 218 g/mol. The number of ether oxygens (including phenoxy) is 1. The zero-order chi connectivity index (χ0) is 11.7. The van der Waals surface area contributed by atoms with Crippen LogP contribution in [0.4, 0.5) is 0 Å². The van der Waals surface area contributed by atoms with E-state index >= 15 is 0 Å². The Balaban J connectivity index is 2.74. The van der Waals surface area contributed by atoms with E-state index in [9.17, 15) is 4.79 Å². The molecule has 0 aliphatic heterocycles. The topological polar surface area (TPSA) is 44.1 Å². The Hall–Kier alpha value is -1.84. The van der Waals surface area contributed by atoms with Crippen molar-refractivity contribution >= 4 is 16.9 Å². The number of methoxy groups -OCH3 is 1. The summed E-state index contributed by atoms with van der Waals surface area (Å²) in [6.07, 6.45) is 0. The van der Waals surface area contributed by atoms with Gasteiger partial charge in [-0.3, -0.25) is 4.68 Å². The maximum Gasteiger partial charge on any atom is 0.356 e. The molecule has 0 aliphatic carbocycles. The van der Waals surface area contributed by atoms with Crippen LogP contribution in [0.1, 0.15) is 30.4 Å². The summed E-state index contributed by atoms with van der Waals surface area (Å²) in [5.41, 5.74) is 1.34. The van der Waals surface area contributed by atoms with Crippen molar-refractivity contribution in [3.05, 3.63) is 30.0 Å². The molecule has 4 nitrogen and oxygen atoms in total. The Kier molecular flexibility index (Phi) is 2.64. The van der Waals surface area contributed by atoms with Crippen LogP contribution in [0.2, 0.25) is 0 Å². The van der Waals surface area contributed by atoms with Crippen molar-refractivity contribution in [1.29, 1.82) is 0 Å². The lowest BCUT2D eigenvalue weighted by Gasteiger charge is -2.08. The van der Waals surface area contributed by atoms with E-state index in [4.69, 9.17) is 4.74 Å². The fourth-order valence-electron chi connectivity index (χ4n) is 1.72. The van der Waals surface area contributed by atoms with Crippen LogP contribution in [-0.4, -0.2) is 22.9 Å². The van der Waals surface area contributed by atoms with Crippen LogP contribution in [0, 0.1) is 0 Å². The molecule has 0 fully saturated rings. The SMILES string of the molecule is COC(=O)c1c2ccccc2nn1C(C)C. The molecule has 0 radical (unpaired) electrons. The van der Waals surface area contributed by atoms with Crippen LogP contribution < -0.4 is 0 Å². The maximum atomic E-state index is 11.7. The van der Waals surface area contributed by atoms with Crippen LogP contribution in [0.5, 0.6) is 0 Å². The third kappa shape index (κ3) is 1.56. The lowest BCUT2D eigenvalue weighted by molar-refractivity contribution is 0.0587. The van der Waals surface area contributed by atoms with Crippen molar-refractivity contribution < 1.29 is 9.53 Å². The summed E-state index contributed by atoms with van der Waals surface area (Å²) in [6, 6.07) is 7.69. The van der Waals surface area contributed by atoms with Crippen molar-refractivity contribution in [3.63, 3.8) is 0 Å². The molecule has 1 heterocycles. The second kappa shape index (κ2) is 3.96. The summed E-state index contributed by atoms with van der Waals surface area (Å²) >= 11 is 0. The van der Waals surface area contributed by atoms with Gasteiger partial charge in [0.1, 0.15) is 0 Å². The third-order valence-corrected chi connectivity index (χ3v) is 2.47. The Morgan fingerprint density at radius 3 is 2.69 bits per heavy atom. The molecule has 0 unspecified atom stereocenters. The molecule has 4 heteroatoms. The van der Waals surface area contributed by atoms with Gasteiger partial charge in [0.2, 0.25) is 0 Å². The average Bonchev–Trinajstić information content (AvgIpc) is 2.67. The largest absolute Gasteiger partial charge is 0.464 e. The van der Waals surface area contributed by atoms with Crippen LogP contribution in [0.15, 0.2) is 24.3 Å². The highest BCUT2D eigenvalue weighted by Gasteiger charge is 2.19. The minimum absolute atomic E-state index is 0.126. The summed E-state index contributed by atoms with van der Waals surface area (Å²) in [7, 11) is 1.38. The van der Waals surface area contributed by atoms with Crippen LogP contribution >= 0.6 is 0 Å². The van der Waals surface area contributed by atoms with Crippen LogP contribution in [-0.2, 0) is 4.74 Å². The zero-order valence-electron chi connectivity index (χ0n) is 9.60. The molecule has 2 rings (SSSR count). The third-order valence-electron chi connectivity index (χ3n) is 2.47. The van der Waals surface area contributed by atoms with E-state index in [1.807, 2.05) is 38.1 Å². The standard InChI is InChI=1S/C12H14N2O2/c1-8(2)14-11(12(15)16-3)9-6-4-5-7-10(9)13-14/h4-8H,1-3H3. The first-order chi connectivity index (χ1) is 7.65. The van der Waals surface area contributed by atoms with Gasteiger partial charge in [-0.25, -0.2) is 4.79 Å². The normalized spacial score (nSPS) is 11.0. The molecule has 0 N–H and O–H groups in total. The molecule has 1 aromatic carbocycles. The molecule has 0 atom stereocenters. The molecule has 0 saturated heterocycles. The summed E-state index contributed by atoms with van der Waals surface area (Å²) in [5, 5.41) is 5.23. The van der Waals surface area contributed by atoms with E-state index in [-0.39, 0.29) is 12.0 Å². The Bertz CT molecular complexity index is 529. The van der Waals surface area contributed by atoms with Crippen molar-refractivity contribution in [1.82, 2.24) is 9.78 Å². The number of hydrogen-bond acceptors (Lipinski definition) is 3. The molecular formula is C12H14N2O2. The number of esters is 1. The number of hydrogen-bond donors (Lipinski definition) is 0. The van der Waals surface area contributed by atoms with E-state index in [0.717, 1.165) is 10.9 Å². The summed E-state index contributed by atoms with van der Waals surface area (Å²) in [4.78, 5) is 11.7. The van der Waals surface area contributed by atoms with Crippen molar-refractivity contribution in [2.45, 2.75) is 19.9 Å². The van der Waals surface area contributed by atoms with E-state index < -0.39 is 0 Å². The van der Waals surface area contributed by atoms with E-state index in [1.165, 1.54) is 7.11 Å². The Labute approximate surface area is 93.8 Å². The molecule has 2 aromatic rings. The quantitative estimate of drug-likeness (QED) is 0.727. The van der Waals surface area contributed by atoms with Crippen LogP contribution in [0.25, 0.3) is 10.9 Å². The number of carbonyl (C=O) groups is 1. The summed E-state index contributed by atoms with van der Waals surface area (Å²) in [6.45, 7) is 3.97. The van der Waals surface area contributed by atoms with Gasteiger partial charge in [0.05, 0.1) is 12.6 Å². The van der Waals surface area contributed by atoms with Gasteiger partial charge < -0.3 is 4.74 Å². The Morgan fingerprint density at radius 1 is 1.38 bits per heavy atom. The predicted molar refractivity (Wildman–Crippen MR) is 61.5 cm³/mol. The van der Waals surface area contributed by atoms with Gasteiger partial charge in [0, 0.05) is 11.4 Å². The number of carbonyl (C=O) groups excluding carboxylic acids is 1. The minimum atomic E-state index is -0.345. The predicted octanol–water partition coefficient (Wildman–Crippen LogP) is 2.40. The highest BCUT2D eigenvalue weighted by atomic mass is 16.5. The molecule has 1 aromatic heterocycles. The summed E-state index contributed by atoms with van der Waals surface area (Å²) < 4.78 is 6.50. The van der Waals surface area contributed by atoms with Crippen molar-refractivity contribution in [2.24, 2.45) is 0 Å². The van der Waals surface area contributed by atoms with Gasteiger partial charge in [-0.05, 0) is 19.9 Å². The molecule has 0 aliphatic rings. The number of rotatable bonds is 2. The fraction of sp³-hybridized carbons (Fsp3) is 0.333. The van der Waals surface area contributed by atoms with E-state index in [0.29, 0.717) is 5.69 Å². The lowest BCUT2D eigenvalue weighted by atomic mass is 10.2. The van der Waals surface area contributed by atoms with Gasteiger partial charge in [-0.15, -0.1) is 0 Å². The highest BCUT2D eigenvalue weighted by Crippen LogP contribution is 2.21. The molecule has 0 saturated carbocycles. The van der Waals surface area contributed by atoms with Crippen LogP contribution in [0.3, 0.4) is 0 Å². The molecular weight excluding hydrogens is 204 g/mol. The van der Waals surface area contributed by atoms with E-state index in [2.05, 4.69) is 5.10 Å². The molecule has 16 heavy (non-hydrogen) atoms. The lowest BCUT2D eigenvalue weighted by Crippen LogP contribution is -2.13. The molecule has 0 bridgehead atoms. The smallest absolute Gasteiger partial charge is 0.356 e. The fourth-order valence-corrected chi connectivity index (χ4v) is 1.72. The van der Waals surface area contributed by atoms with E-state index in [1.54, 1.807) is 4.68 Å². The average molecular weight is 218 g/mol. The first kappa shape index (κ1) is 10.7.